The Hall–Kier alpha value is -2.05. The molecule has 0 saturated carbocycles. The average molecular weight is 473 g/mol. The molecule has 0 atom stereocenters. The van der Waals surface area contributed by atoms with E-state index in [0.717, 1.165) is 21.5 Å². The van der Waals surface area contributed by atoms with E-state index < -0.39 is 0 Å². The summed E-state index contributed by atoms with van der Waals surface area (Å²) in [5, 5.41) is 4.51. The second kappa shape index (κ2) is 8.98. The molecule has 0 N–H and O–H groups in total. The van der Waals surface area contributed by atoms with Crippen LogP contribution in [-0.4, -0.2) is 9.55 Å². The number of aromatic nitrogens is 2. The van der Waals surface area contributed by atoms with E-state index >= 15 is 0 Å². The summed E-state index contributed by atoms with van der Waals surface area (Å²) in [5.41, 5.74) is 4.01. The van der Waals surface area contributed by atoms with Gasteiger partial charge < -0.3 is 0 Å². The molecule has 0 aliphatic rings. The van der Waals surface area contributed by atoms with Crippen molar-refractivity contribution in [2.24, 2.45) is 0 Å². The average Bonchev–Trinajstić information content (AvgIpc) is 3.14. The molecular formula is C23H18Cl2N2OS2. The van der Waals surface area contributed by atoms with Gasteiger partial charge in [0.2, 0.25) is 0 Å². The Morgan fingerprint density at radius 1 is 1.20 bits per heavy atom. The maximum absolute atomic E-state index is 13.4. The van der Waals surface area contributed by atoms with Crippen LogP contribution in [0.1, 0.15) is 11.1 Å². The maximum Gasteiger partial charge on any atom is 0.263 e. The third kappa shape index (κ3) is 4.21. The van der Waals surface area contributed by atoms with E-state index in [1.54, 1.807) is 16.7 Å². The largest absolute Gasteiger partial charge is 0.283 e. The number of benzene rings is 2. The predicted octanol–water partition coefficient (Wildman–Crippen LogP) is 7.22. The van der Waals surface area contributed by atoms with Crippen LogP contribution in [-0.2, 0) is 12.3 Å². The summed E-state index contributed by atoms with van der Waals surface area (Å²) in [6, 6.07) is 13.6. The fourth-order valence-electron chi connectivity index (χ4n) is 3.13. The molecule has 0 fully saturated rings. The number of nitrogens with zero attached hydrogens (tertiary/aromatic N) is 2. The first-order chi connectivity index (χ1) is 14.5. The first-order valence-corrected chi connectivity index (χ1v) is 11.9. The number of hydrogen-bond acceptors (Lipinski definition) is 4. The molecule has 4 aromatic rings. The quantitative estimate of drug-likeness (QED) is 0.169. The van der Waals surface area contributed by atoms with Gasteiger partial charge in [-0.1, -0.05) is 76.9 Å². The van der Waals surface area contributed by atoms with Crippen LogP contribution in [0, 0.1) is 6.92 Å². The Labute approximate surface area is 193 Å². The lowest BCUT2D eigenvalue weighted by Crippen LogP contribution is -2.22. The van der Waals surface area contributed by atoms with E-state index in [1.165, 1.54) is 28.7 Å². The van der Waals surface area contributed by atoms with Gasteiger partial charge in [-0.2, -0.15) is 0 Å². The number of hydrogen-bond donors (Lipinski definition) is 0. The molecule has 0 aliphatic carbocycles. The summed E-state index contributed by atoms with van der Waals surface area (Å²) in [6.45, 7) is 6.25. The zero-order valence-corrected chi connectivity index (χ0v) is 19.3. The SMILES string of the molecule is C=CCn1c(SCc2ccc(Cl)cc2Cl)nc2scc(-c3ccc(C)cc3)c2c1=O. The van der Waals surface area contributed by atoms with Crippen molar-refractivity contribution in [2.75, 3.05) is 0 Å². The molecule has 0 unspecified atom stereocenters. The highest BCUT2D eigenvalue weighted by atomic mass is 35.5. The molecule has 152 valence electrons. The summed E-state index contributed by atoms with van der Waals surface area (Å²) in [5.74, 6) is 0.585. The summed E-state index contributed by atoms with van der Waals surface area (Å²) in [4.78, 5) is 19.0. The molecule has 7 heteroatoms. The highest BCUT2D eigenvalue weighted by Crippen LogP contribution is 2.33. The van der Waals surface area contributed by atoms with Crippen molar-refractivity contribution in [1.29, 1.82) is 0 Å². The first-order valence-electron chi connectivity index (χ1n) is 9.24. The molecule has 3 nitrogen and oxygen atoms in total. The number of thiophene rings is 1. The topological polar surface area (TPSA) is 34.9 Å². The molecule has 0 bridgehead atoms. The number of allylic oxidation sites excluding steroid dienone is 1. The fourth-order valence-corrected chi connectivity index (χ4v) is 5.69. The molecule has 0 saturated heterocycles. The van der Waals surface area contributed by atoms with E-state index in [9.17, 15) is 4.79 Å². The van der Waals surface area contributed by atoms with Crippen molar-refractivity contribution in [3.63, 3.8) is 0 Å². The second-order valence-corrected chi connectivity index (χ2v) is 9.46. The summed E-state index contributed by atoms with van der Waals surface area (Å²) in [7, 11) is 0. The maximum atomic E-state index is 13.4. The molecule has 0 amide bonds. The number of halogens is 2. The van der Waals surface area contributed by atoms with Crippen LogP contribution in [0.2, 0.25) is 10.0 Å². The van der Waals surface area contributed by atoms with Gasteiger partial charge in [0.15, 0.2) is 5.16 Å². The van der Waals surface area contributed by atoms with Gasteiger partial charge in [0.25, 0.3) is 5.56 Å². The molecule has 0 aliphatic heterocycles. The van der Waals surface area contributed by atoms with Gasteiger partial charge in [-0.3, -0.25) is 9.36 Å². The van der Waals surface area contributed by atoms with Crippen molar-refractivity contribution in [2.45, 2.75) is 24.4 Å². The molecular weight excluding hydrogens is 455 g/mol. The molecule has 0 spiro atoms. The third-order valence-electron chi connectivity index (χ3n) is 4.70. The van der Waals surface area contributed by atoms with Crippen molar-refractivity contribution >= 4 is 56.5 Å². The Morgan fingerprint density at radius 2 is 1.97 bits per heavy atom. The fraction of sp³-hybridized carbons (Fsp3) is 0.130. The molecule has 2 aromatic heterocycles. The number of rotatable bonds is 6. The standard InChI is InChI=1S/C23H18Cl2N2OS2/c1-3-10-27-22(28)20-18(15-6-4-14(2)5-7-15)13-29-21(20)26-23(27)30-12-16-8-9-17(24)11-19(16)25/h3-9,11,13H,1,10,12H2,2H3. The van der Waals surface area contributed by atoms with Crippen molar-refractivity contribution < 1.29 is 0 Å². The van der Waals surface area contributed by atoms with Gasteiger partial charge in [0.1, 0.15) is 4.83 Å². The van der Waals surface area contributed by atoms with Crippen LogP contribution >= 0.6 is 46.3 Å². The Kier molecular flexibility index (Phi) is 6.34. The van der Waals surface area contributed by atoms with Crippen LogP contribution < -0.4 is 5.56 Å². The summed E-state index contributed by atoms with van der Waals surface area (Å²) >= 11 is 15.3. The Morgan fingerprint density at radius 3 is 2.67 bits per heavy atom. The van der Waals surface area contributed by atoms with E-state index in [2.05, 4.69) is 18.7 Å². The molecule has 2 aromatic carbocycles. The normalized spacial score (nSPS) is 11.2. The molecule has 0 radical (unpaired) electrons. The van der Waals surface area contributed by atoms with Gasteiger partial charge >= 0.3 is 0 Å². The van der Waals surface area contributed by atoms with Crippen LogP contribution in [0.4, 0.5) is 0 Å². The summed E-state index contributed by atoms with van der Waals surface area (Å²) < 4.78 is 1.67. The van der Waals surface area contributed by atoms with Crippen molar-refractivity contribution in [1.82, 2.24) is 9.55 Å². The van der Waals surface area contributed by atoms with E-state index in [-0.39, 0.29) is 5.56 Å². The lowest BCUT2D eigenvalue weighted by atomic mass is 10.1. The zero-order chi connectivity index (χ0) is 21.3. The highest BCUT2D eigenvalue weighted by molar-refractivity contribution is 7.98. The molecule has 4 rings (SSSR count). The predicted molar refractivity (Wildman–Crippen MR) is 130 cm³/mol. The van der Waals surface area contributed by atoms with Gasteiger partial charge in [0.05, 0.1) is 5.39 Å². The molecule has 30 heavy (non-hydrogen) atoms. The Balaban J connectivity index is 1.77. The number of thioether (sulfide) groups is 1. The van der Waals surface area contributed by atoms with Crippen LogP contribution in [0.15, 0.2) is 70.5 Å². The first kappa shape index (κ1) is 21.2. The van der Waals surface area contributed by atoms with Gasteiger partial charge in [-0.15, -0.1) is 17.9 Å². The third-order valence-corrected chi connectivity index (χ3v) is 7.19. The molecule has 2 heterocycles. The van der Waals surface area contributed by atoms with E-state index in [0.29, 0.717) is 32.9 Å². The minimum absolute atomic E-state index is 0.0542. The zero-order valence-electron chi connectivity index (χ0n) is 16.2. The minimum atomic E-state index is -0.0542. The second-order valence-electron chi connectivity index (χ2n) is 6.82. The highest BCUT2D eigenvalue weighted by Gasteiger charge is 2.17. The van der Waals surface area contributed by atoms with Crippen LogP contribution in [0.3, 0.4) is 0 Å². The van der Waals surface area contributed by atoms with Crippen molar-refractivity contribution in [3.8, 4) is 11.1 Å². The van der Waals surface area contributed by atoms with Crippen molar-refractivity contribution in [3.05, 3.63) is 92.0 Å². The monoisotopic (exact) mass is 472 g/mol. The van der Waals surface area contributed by atoms with Gasteiger partial charge in [-0.25, -0.2) is 4.98 Å². The van der Waals surface area contributed by atoms with E-state index in [4.69, 9.17) is 28.2 Å². The van der Waals surface area contributed by atoms with Gasteiger partial charge in [-0.05, 0) is 30.2 Å². The van der Waals surface area contributed by atoms with Crippen LogP contribution in [0.5, 0.6) is 0 Å². The summed E-state index contributed by atoms with van der Waals surface area (Å²) in [6.07, 6.45) is 1.71. The number of fused-ring (bicyclic) bond motifs is 1. The Bertz CT molecular complexity index is 1290. The van der Waals surface area contributed by atoms with Gasteiger partial charge in [0, 0.05) is 33.3 Å². The lowest BCUT2D eigenvalue weighted by Gasteiger charge is -2.11. The minimum Gasteiger partial charge on any atom is -0.283 e. The van der Waals surface area contributed by atoms with E-state index in [1.807, 2.05) is 36.6 Å². The smallest absolute Gasteiger partial charge is 0.263 e. The van der Waals surface area contributed by atoms with Crippen LogP contribution in [0.25, 0.3) is 21.3 Å². The lowest BCUT2D eigenvalue weighted by molar-refractivity contribution is 0.673. The number of aryl methyl sites for hydroxylation is 1.